The molecule has 5 nitrogen and oxygen atoms in total. The Bertz CT molecular complexity index is 902. The zero-order valence-corrected chi connectivity index (χ0v) is 15.2. The first kappa shape index (κ1) is 16.5. The van der Waals surface area contributed by atoms with Gasteiger partial charge in [-0.05, 0) is 50.2 Å². The molecule has 1 amide bonds. The Labute approximate surface area is 148 Å². The SMILES string of the molecule is Cc1nc2cc(NC(=O)c3ccc(Br)cc3OC(C)C)ccc2o1. The number of aryl methyl sites for hydroxylation is 1. The van der Waals surface area contributed by atoms with E-state index in [1.807, 2.05) is 19.9 Å². The van der Waals surface area contributed by atoms with E-state index in [0.29, 0.717) is 34.0 Å². The maximum absolute atomic E-state index is 12.6. The molecule has 1 aromatic heterocycles. The molecule has 0 aliphatic heterocycles. The van der Waals surface area contributed by atoms with Gasteiger partial charge >= 0.3 is 0 Å². The Balaban J connectivity index is 1.88. The molecular weight excluding hydrogens is 372 g/mol. The highest BCUT2D eigenvalue weighted by molar-refractivity contribution is 9.10. The summed E-state index contributed by atoms with van der Waals surface area (Å²) < 4.78 is 12.0. The monoisotopic (exact) mass is 388 g/mol. The summed E-state index contributed by atoms with van der Waals surface area (Å²) in [5, 5.41) is 2.88. The minimum Gasteiger partial charge on any atom is -0.490 e. The molecule has 6 heteroatoms. The number of hydrogen-bond acceptors (Lipinski definition) is 4. The Kier molecular flexibility index (Phi) is 4.57. The molecular formula is C18H17BrN2O3. The van der Waals surface area contributed by atoms with Crippen LogP contribution >= 0.6 is 15.9 Å². The average Bonchev–Trinajstić information content (AvgIpc) is 2.86. The number of rotatable bonds is 4. The van der Waals surface area contributed by atoms with Crippen LogP contribution in [0, 0.1) is 6.92 Å². The number of hydrogen-bond donors (Lipinski definition) is 1. The number of oxazole rings is 1. The predicted octanol–water partition coefficient (Wildman–Crippen LogP) is 4.94. The maximum Gasteiger partial charge on any atom is 0.259 e. The summed E-state index contributed by atoms with van der Waals surface area (Å²) in [7, 11) is 0. The van der Waals surface area contributed by atoms with Gasteiger partial charge in [-0.2, -0.15) is 0 Å². The number of carbonyl (C=O) groups is 1. The number of ether oxygens (including phenoxy) is 1. The molecule has 124 valence electrons. The molecule has 0 atom stereocenters. The summed E-state index contributed by atoms with van der Waals surface area (Å²) in [4.78, 5) is 16.9. The van der Waals surface area contributed by atoms with Gasteiger partial charge < -0.3 is 14.5 Å². The first-order valence-corrected chi connectivity index (χ1v) is 8.36. The minimum absolute atomic E-state index is 0.0275. The molecule has 3 aromatic rings. The third-order valence-corrected chi connectivity index (χ3v) is 3.80. The van der Waals surface area contributed by atoms with Crippen molar-refractivity contribution >= 4 is 38.6 Å². The summed E-state index contributed by atoms with van der Waals surface area (Å²) in [5.74, 6) is 0.891. The molecule has 1 heterocycles. The third kappa shape index (κ3) is 3.59. The first-order valence-electron chi connectivity index (χ1n) is 7.57. The fraction of sp³-hybridized carbons (Fsp3) is 0.222. The number of nitrogens with one attached hydrogen (secondary N) is 1. The van der Waals surface area contributed by atoms with Crippen LogP contribution in [0.2, 0.25) is 0 Å². The van der Waals surface area contributed by atoms with Crippen LogP contribution in [0.25, 0.3) is 11.1 Å². The van der Waals surface area contributed by atoms with Crippen LogP contribution in [0.3, 0.4) is 0 Å². The molecule has 1 N–H and O–H groups in total. The number of fused-ring (bicyclic) bond motifs is 1. The van der Waals surface area contributed by atoms with E-state index in [0.717, 1.165) is 4.47 Å². The van der Waals surface area contributed by atoms with Crippen molar-refractivity contribution in [2.45, 2.75) is 26.9 Å². The van der Waals surface area contributed by atoms with Gasteiger partial charge in [0.05, 0.1) is 11.7 Å². The second kappa shape index (κ2) is 6.65. The van der Waals surface area contributed by atoms with Crippen molar-refractivity contribution in [1.29, 1.82) is 0 Å². The largest absolute Gasteiger partial charge is 0.490 e. The summed E-state index contributed by atoms with van der Waals surface area (Å²) in [6.07, 6.45) is -0.0275. The topological polar surface area (TPSA) is 64.4 Å². The lowest BCUT2D eigenvalue weighted by molar-refractivity contribution is 0.102. The Hall–Kier alpha value is -2.34. The van der Waals surface area contributed by atoms with Gasteiger partial charge in [0.2, 0.25) is 0 Å². The van der Waals surface area contributed by atoms with Gasteiger partial charge in [0.15, 0.2) is 11.5 Å². The van der Waals surface area contributed by atoms with Crippen molar-refractivity contribution in [3.63, 3.8) is 0 Å². The van der Waals surface area contributed by atoms with Gasteiger partial charge in [0.1, 0.15) is 11.3 Å². The molecule has 3 rings (SSSR count). The maximum atomic E-state index is 12.6. The number of anilines is 1. The highest BCUT2D eigenvalue weighted by Gasteiger charge is 2.15. The Morgan fingerprint density at radius 3 is 2.79 bits per heavy atom. The lowest BCUT2D eigenvalue weighted by Crippen LogP contribution is -2.15. The number of halogens is 1. The zero-order valence-electron chi connectivity index (χ0n) is 13.6. The smallest absolute Gasteiger partial charge is 0.259 e. The number of nitrogens with zero attached hydrogens (tertiary/aromatic N) is 1. The van der Waals surface area contributed by atoms with Crippen molar-refractivity contribution < 1.29 is 13.9 Å². The van der Waals surface area contributed by atoms with Crippen LogP contribution in [-0.4, -0.2) is 17.0 Å². The molecule has 0 radical (unpaired) electrons. The molecule has 0 saturated carbocycles. The van der Waals surface area contributed by atoms with E-state index in [9.17, 15) is 4.79 Å². The highest BCUT2D eigenvalue weighted by atomic mass is 79.9. The van der Waals surface area contributed by atoms with Gasteiger partial charge in [-0.3, -0.25) is 4.79 Å². The lowest BCUT2D eigenvalue weighted by atomic mass is 10.1. The summed E-state index contributed by atoms with van der Waals surface area (Å²) >= 11 is 3.40. The number of benzene rings is 2. The van der Waals surface area contributed by atoms with Crippen molar-refractivity contribution in [2.75, 3.05) is 5.32 Å². The molecule has 0 bridgehead atoms. The van der Waals surface area contributed by atoms with Crippen molar-refractivity contribution in [3.8, 4) is 5.75 Å². The number of amides is 1. The summed E-state index contributed by atoms with van der Waals surface area (Å²) in [5.41, 5.74) is 2.53. The van der Waals surface area contributed by atoms with E-state index < -0.39 is 0 Å². The van der Waals surface area contributed by atoms with Crippen molar-refractivity contribution in [2.24, 2.45) is 0 Å². The molecule has 0 unspecified atom stereocenters. The van der Waals surface area contributed by atoms with Crippen LogP contribution < -0.4 is 10.1 Å². The first-order chi connectivity index (χ1) is 11.4. The lowest BCUT2D eigenvalue weighted by Gasteiger charge is -2.14. The van der Waals surface area contributed by atoms with Gasteiger partial charge in [0.25, 0.3) is 5.91 Å². The second-order valence-electron chi connectivity index (χ2n) is 5.68. The molecule has 2 aromatic carbocycles. The third-order valence-electron chi connectivity index (χ3n) is 3.30. The summed E-state index contributed by atoms with van der Waals surface area (Å²) in [6.45, 7) is 5.63. The quantitative estimate of drug-likeness (QED) is 0.687. The van der Waals surface area contributed by atoms with Crippen LogP contribution in [-0.2, 0) is 0 Å². The standard InChI is InChI=1S/C18H17BrN2O3/c1-10(2)23-17-8-12(19)4-6-14(17)18(22)21-13-5-7-16-15(9-13)20-11(3)24-16/h4-10H,1-3H3,(H,21,22). The van der Waals surface area contributed by atoms with E-state index in [4.69, 9.17) is 9.15 Å². The minimum atomic E-state index is -0.238. The van der Waals surface area contributed by atoms with Crippen molar-refractivity contribution in [1.82, 2.24) is 4.98 Å². The number of aromatic nitrogens is 1. The van der Waals surface area contributed by atoms with E-state index in [2.05, 4.69) is 26.2 Å². The average molecular weight is 389 g/mol. The Morgan fingerprint density at radius 1 is 1.25 bits per heavy atom. The van der Waals surface area contributed by atoms with E-state index >= 15 is 0 Å². The second-order valence-corrected chi connectivity index (χ2v) is 6.59. The molecule has 0 fully saturated rings. The Morgan fingerprint density at radius 2 is 2.04 bits per heavy atom. The molecule has 24 heavy (non-hydrogen) atoms. The molecule has 0 spiro atoms. The van der Waals surface area contributed by atoms with E-state index in [-0.39, 0.29) is 12.0 Å². The zero-order chi connectivity index (χ0) is 17.3. The van der Waals surface area contributed by atoms with Crippen LogP contribution in [0.5, 0.6) is 5.75 Å². The molecule has 0 aliphatic rings. The summed E-state index contributed by atoms with van der Waals surface area (Å²) in [6, 6.07) is 10.7. The van der Waals surface area contributed by atoms with E-state index in [1.165, 1.54) is 0 Å². The van der Waals surface area contributed by atoms with Crippen molar-refractivity contribution in [3.05, 3.63) is 52.3 Å². The van der Waals surface area contributed by atoms with Gasteiger partial charge in [0, 0.05) is 17.1 Å². The fourth-order valence-corrected chi connectivity index (χ4v) is 2.69. The van der Waals surface area contributed by atoms with Crippen LogP contribution in [0.4, 0.5) is 5.69 Å². The van der Waals surface area contributed by atoms with Gasteiger partial charge in [-0.1, -0.05) is 15.9 Å². The molecule has 0 saturated heterocycles. The van der Waals surface area contributed by atoms with Crippen LogP contribution in [0.1, 0.15) is 30.1 Å². The number of carbonyl (C=O) groups excluding carboxylic acids is 1. The predicted molar refractivity (Wildman–Crippen MR) is 96.6 cm³/mol. The van der Waals surface area contributed by atoms with Gasteiger partial charge in [-0.25, -0.2) is 4.98 Å². The van der Waals surface area contributed by atoms with Crippen LogP contribution in [0.15, 0.2) is 45.3 Å². The fourth-order valence-electron chi connectivity index (χ4n) is 2.35. The van der Waals surface area contributed by atoms with Gasteiger partial charge in [-0.15, -0.1) is 0 Å². The normalized spacial score (nSPS) is 11.0. The molecule has 0 aliphatic carbocycles. The highest BCUT2D eigenvalue weighted by Crippen LogP contribution is 2.26. The van der Waals surface area contributed by atoms with E-state index in [1.54, 1.807) is 37.3 Å².